The van der Waals surface area contributed by atoms with Crippen LogP contribution in [0.1, 0.15) is 24.1 Å². The minimum atomic E-state index is 0.115. The minimum Gasteiger partial charge on any atom is -0.359 e. The molecule has 0 aromatic heterocycles. The quantitative estimate of drug-likeness (QED) is 0.833. The fourth-order valence-electron chi connectivity index (χ4n) is 1.89. The third-order valence-electron chi connectivity index (χ3n) is 2.99. The van der Waals surface area contributed by atoms with Gasteiger partial charge in [0.25, 0.3) is 0 Å². The lowest BCUT2D eigenvalue weighted by molar-refractivity contribution is 0.698. The highest BCUT2D eigenvalue weighted by atomic mass is 35.5. The standard InChI is InChI=1S/C16H17ClN2S/c1-12(14-8-5-9-15(17)10-14)19-16(20)18-11-13-6-3-2-4-7-13/h2-10,12H,11H2,1H3,(H2,18,19,20)/t12-/m1/s1. The van der Waals surface area contributed by atoms with Crippen molar-refractivity contribution < 1.29 is 0 Å². The van der Waals surface area contributed by atoms with E-state index in [9.17, 15) is 0 Å². The van der Waals surface area contributed by atoms with Gasteiger partial charge in [0, 0.05) is 11.6 Å². The Morgan fingerprint density at radius 3 is 2.60 bits per heavy atom. The lowest BCUT2D eigenvalue weighted by Crippen LogP contribution is -2.36. The van der Waals surface area contributed by atoms with Crippen molar-refractivity contribution in [2.75, 3.05) is 0 Å². The van der Waals surface area contributed by atoms with Gasteiger partial charge in [-0.25, -0.2) is 0 Å². The summed E-state index contributed by atoms with van der Waals surface area (Å²) in [5.41, 5.74) is 2.31. The van der Waals surface area contributed by atoms with Crippen molar-refractivity contribution in [3.8, 4) is 0 Å². The van der Waals surface area contributed by atoms with Gasteiger partial charge in [-0.3, -0.25) is 0 Å². The molecule has 0 aliphatic rings. The first-order valence-corrected chi connectivity index (χ1v) is 7.27. The molecule has 4 heteroatoms. The molecule has 0 bridgehead atoms. The Kier molecular flexibility index (Phi) is 5.39. The monoisotopic (exact) mass is 304 g/mol. The Hall–Kier alpha value is -1.58. The first-order chi connectivity index (χ1) is 9.65. The van der Waals surface area contributed by atoms with Crippen LogP contribution >= 0.6 is 23.8 Å². The summed E-state index contributed by atoms with van der Waals surface area (Å²) in [7, 11) is 0. The second kappa shape index (κ2) is 7.27. The van der Waals surface area contributed by atoms with E-state index in [1.807, 2.05) is 42.5 Å². The Labute approximate surface area is 130 Å². The van der Waals surface area contributed by atoms with Gasteiger partial charge in [-0.15, -0.1) is 0 Å². The molecule has 2 aromatic rings. The van der Waals surface area contributed by atoms with Gasteiger partial charge in [-0.1, -0.05) is 54.1 Å². The zero-order valence-corrected chi connectivity index (χ0v) is 12.8. The number of hydrogen-bond donors (Lipinski definition) is 2. The highest BCUT2D eigenvalue weighted by Crippen LogP contribution is 2.17. The Morgan fingerprint density at radius 2 is 1.90 bits per heavy atom. The van der Waals surface area contributed by atoms with Crippen molar-refractivity contribution in [1.29, 1.82) is 0 Å². The van der Waals surface area contributed by atoms with Crippen molar-refractivity contribution in [3.63, 3.8) is 0 Å². The van der Waals surface area contributed by atoms with E-state index in [1.165, 1.54) is 5.56 Å². The van der Waals surface area contributed by atoms with E-state index in [-0.39, 0.29) is 6.04 Å². The first kappa shape index (κ1) is 14.8. The van der Waals surface area contributed by atoms with Crippen LogP contribution in [0.15, 0.2) is 54.6 Å². The van der Waals surface area contributed by atoms with E-state index in [2.05, 4.69) is 29.7 Å². The SMILES string of the molecule is C[C@@H](NC(=S)NCc1ccccc1)c1cccc(Cl)c1. The summed E-state index contributed by atoms with van der Waals surface area (Å²) < 4.78 is 0. The number of nitrogens with one attached hydrogen (secondary N) is 2. The zero-order chi connectivity index (χ0) is 14.4. The van der Waals surface area contributed by atoms with E-state index in [4.69, 9.17) is 23.8 Å². The maximum absolute atomic E-state index is 5.99. The second-order valence-corrected chi connectivity index (χ2v) is 5.43. The zero-order valence-electron chi connectivity index (χ0n) is 11.3. The third-order valence-corrected chi connectivity index (χ3v) is 3.49. The Balaban J connectivity index is 1.85. The predicted molar refractivity (Wildman–Crippen MR) is 88.9 cm³/mol. The first-order valence-electron chi connectivity index (χ1n) is 6.49. The lowest BCUT2D eigenvalue weighted by atomic mass is 10.1. The number of halogens is 1. The van der Waals surface area contributed by atoms with Crippen LogP contribution in [0.2, 0.25) is 5.02 Å². The number of rotatable bonds is 4. The number of hydrogen-bond acceptors (Lipinski definition) is 1. The molecule has 0 saturated carbocycles. The van der Waals surface area contributed by atoms with Crippen LogP contribution in [0.5, 0.6) is 0 Å². The van der Waals surface area contributed by atoms with Crippen LogP contribution in [0, 0.1) is 0 Å². The van der Waals surface area contributed by atoms with Crippen LogP contribution in [0.4, 0.5) is 0 Å². The molecule has 0 heterocycles. The largest absolute Gasteiger partial charge is 0.359 e. The van der Waals surface area contributed by atoms with Gasteiger partial charge in [-0.2, -0.15) is 0 Å². The maximum atomic E-state index is 5.99. The summed E-state index contributed by atoms with van der Waals surface area (Å²) in [6.07, 6.45) is 0. The van der Waals surface area contributed by atoms with E-state index in [0.29, 0.717) is 5.11 Å². The van der Waals surface area contributed by atoms with Gasteiger partial charge < -0.3 is 10.6 Å². The van der Waals surface area contributed by atoms with Crippen LogP contribution in [-0.4, -0.2) is 5.11 Å². The average molecular weight is 305 g/mol. The highest BCUT2D eigenvalue weighted by Gasteiger charge is 2.07. The van der Waals surface area contributed by atoms with Crippen LogP contribution < -0.4 is 10.6 Å². The third kappa shape index (κ3) is 4.51. The fourth-order valence-corrected chi connectivity index (χ4v) is 2.33. The molecule has 2 rings (SSSR count). The van der Waals surface area contributed by atoms with Crippen LogP contribution in [-0.2, 0) is 6.54 Å². The topological polar surface area (TPSA) is 24.1 Å². The highest BCUT2D eigenvalue weighted by molar-refractivity contribution is 7.80. The molecule has 0 aliphatic heterocycles. The molecule has 2 N–H and O–H groups in total. The Bertz CT molecular complexity index is 572. The fraction of sp³-hybridized carbons (Fsp3) is 0.188. The molecule has 0 aliphatic carbocycles. The minimum absolute atomic E-state index is 0.115. The van der Waals surface area contributed by atoms with Crippen molar-refractivity contribution >= 4 is 28.9 Å². The maximum Gasteiger partial charge on any atom is 0.167 e. The number of benzene rings is 2. The summed E-state index contributed by atoms with van der Waals surface area (Å²) >= 11 is 11.3. The summed E-state index contributed by atoms with van der Waals surface area (Å²) in [6, 6.07) is 18.1. The molecule has 0 saturated heterocycles. The molecule has 1 atom stereocenters. The summed E-state index contributed by atoms with van der Waals surface area (Å²) in [6.45, 7) is 2.77. The van der Waals surface area contributed by atoms with Gasteiger partial charge in [0.2, 0.25) is 0 Å². The van der Waals surface area contributed by atoms with Crippen molar-refractivity contribution in [2.24, 2.45) is 0 Å². The predicted octanol–water partition coefficient (Wildman–Crippen LogP) is 4.07. The van der Waals surface area contributed by atoms with Crippen LogP contribution in [0.25, 0.3) is 0 Å². The van der Waals surface area contributed by atoms with Gasteiger partial charge in [0.15, 0.2) is 5.11 Å². The molecule has 0 spiro atoms. The summed E-state index contributed by atoms with van der Waals surface area (Å²) in [4.78, 5) is 0. The Morgan fingerprint density at radius 1 is 1.15 bits per heavy atom. The van der Waals surface area contributed by atoms with Gasteiger partial charge in [-0.05, 0) is 42.4 Å². The summed E-state index contributed by atoms with van der Waals surface area (Å²) in [5.74, 6) is 0. The van der Waals surface area contributed by atoms with Crippen molar-refractivity contribution in [3.05, 3.63) is 70.7 Å². The molecule has 0 radical (unpaired) electrons. The van der Waals surface area contributed by atoms with Gasteiger partial charge in [0.1, 0.15) is 0 Å². The van der Waals surface area contributed by atoms with E-state index in [1.54, 1.807) is 0 Å². The second-order valence-electron chi connectivity index (χ2n) is 4.59. The number of thiocarbonyl (C=S) groups is 1. The summed E-state index contributed by atoms with van der Waals surface area (Å²) in [5, 5.41) is 7.83. The lowest BCUT2D eigenvalue weighted by Gasteiger charge is -2.17. The molecular formula is C16H17ClN2S. The van der Waals surface area contributed by atoms with Crippen molar-refractivity contribution in [2.45, 2.75) is 19.5 Å². The molecule has 2 aromatic carbocycles. The molecule has 2 nitrogen and oxygen atoms in total. The van der Waals surface area contributed by atoms with Crippen LogP contribution in [0.3, 0.4) is 0 Å². The van der Waals surface area contributed by atoms with E-state index < -0.39 is 0 Å². The molecule has 0 unspecified atom stereocenters. The van der Waals surface area contributed by atoms with Gasteiger partial charge >= 0.3 is 0 Å². The molecule has 0 amide bonds. The normalized spacial score (nSPS) is 11.7. The van der Waals surface area contributed by atoms with E-state index >= 15 is 0 Å². The van der Waals surface area contributed by atoms with E-state index in [0.717, 1.165) is 17.1 Å². The molecule has 104 valence electrons. The molecule has 20 heavy (non-hydrogen) atoms. The smallest absolute Gasteiger partial charge is 0.167 e. The molecular weight excluding hydrogens is 288 g/mol. The average Bonchev–Trinajstić information content (AvgIpc) is 2.46. The van der Waals surface area contributed by atoms with Gasteiger partial charge in [0.05, 0.1) is 6.04 Å². The van der Waals surface area contributed by atoms with Crippen molar-refractivity contribution in [1.82, 2.24) is 10.6 Å². The molecule has 0 fully saturated rings.